The van der Waals surface area contributed by atoms with Crippen molar-refractivity contribution >= 4 is 0 Å². The minimum absolute atomic E-state index is 0.164. The number of nitrogens with two attached hydrogens (primary N) is 1. The van der Waals surface area contributed by atoms with Crippen LogP contribution in [0.15, 0.2) is 0 Å². The first-order valence-electron chi connectivity index (χ1n) is 11.4. The SMILES string of the molecule is CC(C)[NH2+]C[C@]1(O)CC[C@H]2[C@H]3CC[C@H]4CCCC[C@]4(C)[C@@H]3CC[C@@]21C. The molecule has 0 bridgehead atoms. The molecule has 4 fully saturated rings. The summed E-state index contributed by atoms with van der Waals surface area (Å²) in [5, 5.41) is 14.0. The Balaban J connectivity index is 1.57. The van der Waals surface area contributed by atoms with E-state index in [-0.39, 0.29) is 5.41 Å². The number of rotatable bonds is 3. The van der Waals surface area contributed by atoms with Crippen molar-refractivity contribution < 1.29 is 10.4 Å². The molecule has 0 saturated heterocycles. The highest BCUT2D eigenvalue weighted by Gasteiger charge is 2.64. The summed E-state index contributed by atoms with van der Waals surface area (Å²) in [5.41, 5.74) is 0.349. The van der Waals surface area contributed by atoms with Gasteiger partial charge >= 0.3 is 0 Å². The average Bonchev–Trinajstić information content (AvgIpc) is 2.84. The highest BCUT2D eigenvalue weighted by atomic mass is 16.3. The highest BCUT2D eigenvalue weighted by molar-refractivity contribution is 5.13. The van der Waals surface area contributed by atoms with Crippen LogP contribution in [0.5, 0.6) is 0 Å². The quantitative estimate of drug-likeness (QED) is 0.791. The molecule has 4 aliphatic rings. The standard InChI is InChI=1S/C23H41NO/c1-16(2)24-15-23(25)14-11-20-18-9-8-17-7-5-6-12-21(17,3)19(18)10-13-22(20,23)4/h16-20,24-25H,5-15H2,1-4H3/p+1/t17-,18+,19-,20+,21+,22+,23-/m1/s1. The summed E-state index contributed by atoms with van der Waals surface area (Å²) in [6, 6.07) is 0.583. The van der Waals surface area contributed by atoms with Crippen LogP contribution in [0.3, 0.4) is 0 Å². The third-order valence-corrected chi connectivity index (χ3v) is 9.83. The van der Waals surface area contributed by atoms with Gasteiger partial charge in [0.1, 0.15) is 12.1 Å². The Morgan fingerprint density at radius 3 is 2.44 bits per heavy atom. The Kier molecular flexibility index (Phi) is 4.56. The van der Waals surface area contributed by atoms with Crippen molar-refractivity contribution in [3.8, 4) is 0 Å². The molecule has 4 aliphatic carbocycles. The predicted octanol–water partition coefficient (Wildman–Crippen LogP) is 4.12. The first-order valence-corrected chi connectivity index (χ1v) is 11.4. The normalized spacial score (nSPS) is 52.6. The molecular weight excluding hydrogens is 306 g/mol. The molecule has 25 heavy (non-hydrogen) atoms. The second kappa shape index (κ2) is 6.23. The molecule has 0 radical (unpaired) electrons. The Bertz CT molecular complexity index is 504. The molecule has 0 heterocycles. The van der Waals surface area contributed by atoms with Crippen molar-refractivity contribution in [2.24, 2.45) is 34.5 Å². The molecule has 0 unspecified atom stereocenters. The fraction of sp³-hybridized carbons (Fsp3) is 1.00. The summed E-state index contributed by atoms with van der Waals surface area (Å²) < 4.78 is 0. The first kappa shape index (κ1) is 18.3. The number of quaternary nitrogens is 1. The zero-order chi connectivity index (χ0) is 17.9. The van der Waals surface area contributed by atoms with Gasteiger partial charge in [-0.05, 0) is 94.3 Å². The van der Waals surface area contributed by atoms with Crippen molar-refractivity contribution in [2.45, 2.75) is 104 Å². The average molecular weight is 349 g/mol. The van der Waals surface area contributed by atoms with Crippen LogP contribution in [0, 0.1) is 34.5 Å². The highest BCUT2D eigenvalue weighted by Crippen LogP contribution is 2.68. The topological polar surface area (TPSA) is 36.8 Å². The van der Waals surface area contributed by atoms with Gasteiger partial charge in [0, 0.05) is 5.41 Å². The third-order valence-electron chi connectivity index (χ3n) is 9.83. The van der Waals surface area contributed by atoms with Gasteiger partial charge in [-0.1, -0.05) is 26.7 Å². The van der Waals surface area contributed by atoms with Gasteiger partial charge in [-0.15, -0.1) is 0 Å². The molecule has 4 saturated carbocycles. The fourth-order valence-corrected chi connectivity index (χ4v) is 8.17. The molecule has 0 amide bonds. The molecule has 0 aromatic heterocycles. The molecule has 2 nitrogen and oxygen atoms in total. The lowest BCUT2D eigenvalue weighted by Gasteiger charge is -2.61. The summed E-state index contributed by atoms with van der Waals surface area (Å²) in [4.78, 5) is 0. The van der Waals surface area contributed by atoms with Crippen LogP contribution in [0.1, 0.15) is 91.9 Å². The Hall–Kier alpha value is -0.0800. The van der Waals surface area contributed by atoms with E-state index in [1.807, 2.05) is 0 Å². The van der Waals surface area contributed by atoms with Gasteiger partial charge < -0.3 is 10.4 Å². The van der Waals surface area contributed by atoms with Gasteiger partial charge in [0.05, 0.1) is 6.04 Å². The van der Waals surface area contributed by atoms with E-state index in [2.05, 4.69) is 33.0 Å². The van der Waals surface area contributed by atoms with E-state index >= 15 is 0 Å². The lowest BCUT2D eigenvalue weighted by Crippen LogP contribution is -2.92. The monoisotopic (exact) mass is 348 g/mol. The fourth-order valence-electron chi connectivity index (χ4n) is 8.17. The molecular formula is C23H42NO+. The summed E-state index contributed by atoms with van der Waals surface area (Å²) in [6.07, 6.45) is 13.8. The molecule has 2 heteroatoms. The van der Waals surface area contributed by atoms with Crippen LogP contribution in [-0.4, -0.2) is 23.3 Å². The van der Waals surface area contributed by atoms with Gasteiger partial charge in [-0.25, -0.2) is 0 Å². The molecule has 7 atom stereocenters. The summed E-state index contributed by atoms with van der Waals surface area (Å²) in [5.74, 6) is 3.62. The van der Waals surface area contributed by atoms with E-state index in [0.717, 1.165) is 36.6 Å². The van der Waals surface area contributed by atoms with E-state index in [0.29, 0.717) is 11.5 Å². The van der Waals surface area contributed by atoms with Gasteiger partial charge in [-0.2, -0.15) is 0 Å². The van der Waals surface area contributed by atoms with Crippen LogP contribution in [0.25, 0.3) is 0 Å². The lowest BCUT2D eigenvalue weighted by atomic mass is 9.44. The second-order valence-electron chi connectivity index (χ2n) is 11.1. The number of hydrogen-bond donors (Lipinski definition) is 2. The van der Waals surface area contributed by atoms with Crippen LogP contribution in [-0.2, 0) is 0 Å². The maximum Gasteiger partial charge on any atom is 0.119 e. The van der Waals surface area contributed by atoms with Gasteiger partial charge in [0.25, 0.3) is 0 Å². The maximum atomic E-state index is 11.7. The van der Waals surface area contributed by atoms with Crippen LogP contribution >= 0.6 is 0 Å². The summed E-state index contributed by atoms with van der Waals surface area (Å²) in [6.45, 7) is 10.5. The first-order chi connectivity index (χ1) is 11.8. The second-order valence-corrected chi connectivity index (χ2v) is 11.1. The summed E-state index contributed by atoms with van der Waals surface area (Å²) in [7, 11) is 0. The third kappa shape index (κ3) is 2.64. The minimum atomic E-state index is -0.433. The molecule has 3 N–H and O–H groups in total. The molecule has 0 aromatic rings. The Labute approximate surface area is 155 Å². The molecule has 4 rings (SSSR count). The summed E-state index contributed by atoms with van der Waals surface area (Å²) >= 11 is 0. The zero-order valence-electron chi connectivity index (χ0n) is 17.2. The molecule has 0 aromatic carbocycles. The van der Waals surface area contributed by atoms with E-state index in [1.165, 1.54) is 57.8 Å². The van der Waals surface area contributed by atoms with Crippen molar-refractivity contribution in [1.82, 2.24) is 0 Å². The molecule has 144 valence electrons. The van der Waals surface area contributed by atoms with Crippen LogP contribution < -0.4 is 5.32 Å². The van der Waals surface area contributed by atoms with E-state index in [4.69, 9.17) is 0 Å². The molecule has 0 aliphatic heterocycles. The number of fused-ring (bicyclic) bond motifs is 5. The molecule has 0 spiro atoms. The lowest BCUT2D eigenvalue weighted by molar-refractivity contribution is -0.696. The van der Waals surface area contributed by atoms with E-state index in [1.54, 1.807) is 0 Å². The van der Waals surface area contributed by atoms with Crippen molar-refractivity contribution in [1.29, 1.82) is 0 Å². The van der Waals surface area contributed by atoms with Crippen molar-refractivity contribution in [2.75, 3.05) is 6.54 Å². The van der Waals surface area contributed by atoms with Crippen LogP contribution in [0.4, 0.5) is 0 Å². The van der Waals surface area contributed by atoms with Gasteiger partial charge in [0.15, 0.2) is 0 Å². The predicted molar refractivity (Wildman–Crippen MR) is 103 cm³/mol. The van der Waals surface area contributed by atoms with Crippen LogP contribution in [0.2, 0.25) is 0 Å². The van der Waals surface area contributed by atoms with Crippen molar-refractivity contribution in [3.63, 3.8) is 0 Å². The zero-order valence-corrected chi connectivity index (χ0v) is 17.2. The Morgan fingerprint density at radius 1 is 0.920 bits per heavy atom. The van der Waals surface area contributed by atoms with Gasteiger partial charge in [-0.3, -0.25) is 0 Å². The minimum Gasteiger partial charge on any atom is -0.383 e. The van der Waals surface area contributed by atoms with E-state index < -0.39 is 5.60 Å². The maximum absolute atomic E-state index is 11.7. The largest absolute Gasteiger partial charge is 0.383 e. The van der Waals surface area contributed by atoms with Crippen molar-refractivity contribution in [3.05, 3.63) is 0 Å². The smallest absolute Gasteiger partial charge is 0.119 e. The van der Waals surface area contributed by atoms with E-state index in [9.17, 15) is 5.11 Å². The number of hydrogen-bond acceptors (Lipinski definition) is 1. The number of aliphatic hydroxyl groups is 1. The van der Waals surface area contributed by atoms with Gasteiger partial charge in [0.2, 0.25) is 0 Å². The Morgan fingerprint density at radius 2 is 1.68 bits per heavy atom.